The van der Waals surface area contributed by atoms with Gasteiger partial charge in [0.2, 0.25) is 0 Å². The van der Waals surface area contributed by atoms with E-state index in [-0.39, 0.29) is 17.5 Å². The number of benzene rings is 2. The molecule has 9 heteroatoms. The molecule has 36 heavy (non-hydrogen) atoms. The van der Waals surface area contributed by atoms with E-state index in [9.17, 15) is 23.1 Å². The fourth-order valence-corrected chi connectivity index (χ4v) is 5.26. The summed E-state index contributed by atoms with van der Waals surface area (Å²) in [6, 6.07) is 6.14. The average Bonchev–Trinajstić information content (AvgIpc) is 3.30. The van der Waals surface area contributed by atoms with Crippen molar-refractivity contribution in [1.82, 2.24) is 14.5 Å². The molecule has 0 bridgehead atoms. The van der Waals surface area contributed by atoms with Crippen LogP contribution in [0.3, 0.4) is 0 Å². The number of carbonyl (C=O) groups excluding carboxylic acids is 1. The van der Waals surface area contributed by atoms with Crippen molar-refractivity contribution in [3.8, 4) is 11.4 Å². The van der Waals surface area contributed by atoms with Crippen LogP contribution in [0.1, 0.15) is 48.5 Å². The van der Waals surface area contributed by atoms with Crippen molar-refractivity contribution in [1.29, 1.82) is 0 Å². The van der Waals surface area contributed by atoms with Gasteiger partial charge < -0.3 is 19.3 Å². The van der Waals surface area contributed by atoms with Crippen LogP contribution in [-0.4, -0.2) is 44.7 Å². The lowest BCUT2D eigenvalue weighted by molar-refractivity contribution is -0.142. The largest absolute Gasteiger partial charge is 0.495 e. The van der Waals surface area contributed by atoms with E-state index in [1.807, 2.05) is 35.9 Å². The Labute approximate surface area is 206 Å². The molecule has 0 spiro atoms. The number of aryl methyl sites for hydroxylation is 1. The summed E-state index contributed by atoms with van der Waals surface area (Å²) in [5.41, 5.74) is 2.98. The number of aliphatic hydroxyl groups is 1. The monoisotopic (exact) mass is 497 g/mol. The molecule has 2 aromatic carbocycles. The molecule has 2 fully saturated rings. The third-order valence-corrected chi connectivity index (χ3v) is 6.99. The van der Waals surface area contributed by atoms with Gasteiger partial charge in [-0.3, -0.25) is 4.79 Å². The van der Waals surface area contributed by atoms with Crippen molar-refractivity contribution in [2.45, 2.75) is 50.8 Å². The Morgan fingerprint density at radius 1 is 1.11 bits per heavy atom. The Morgan fingerprint density at radius 3 is 2.53 bits per heavy atom. The molecule has 1 N–H and O–H groups in total. The van der Waals surface area contributed by atoms with Gasteiger partial charge >= 0.3 is 0 Å². The van der Waals surface area contributed by atoms with Crippen LogP contribution in [0.2, 0.25) is 0 Å². The molecule has 3 aromatic rings. The first-order chi connectivity index (χ1) is 17.3. The molecule has 1 amide bonds. The van der Waals surface area contributed by atoms with Crippen LogP contribution < -0.4 is 4.74 Å². The van der Waals surface area contributed by atoms with Gasteiger partial charge in [0, 0.05) is 17.8 Å². The summed E-state index contributed by atoms with van der Waals surface area (Å²) in [7, 11) is 1.57. The van der Waals surface area contributed by atoms with Crippen molar-refractivity contribution in [2.75, 3.05) is 7.11 Å². The number of imidazole rings is 1. The zero-order valence-corrected chi connectivity index (χ0v) is 19.9. The highest BCUT2D eigenvalue weighted by Crippen LogP contribution is 2.41. The lowest BCUT2D eigenvalue weighted by atomic mass is 9.82. The molecule has 3 atom stereocenters. The summed E-state index contributed by atoms with van der Waals surface area (Å²) >= 11 is 0. The van der Waals surface area contributed by atoms with E-state index in [0.29, 0.717) is 37.0 Å². The standard InChI is InChI=1S/C27H26F3N3O3/c1-15-13-32(14-31-15)22-7-3-16(10-24(22)36-2)9-17-4-5-19-6-8-23(34)26(33(19)27(17)35)18-11-20(28)25(30)21(29)12-18/h3,7,9-14,19,23,26,34H,4-6,8H2,1-2H3/b17-9+. The van der Waals surface area contributed by atoms with E-state index in [1.54, 1.807) is 19.5 Å². The first-order valence-corrected chi connectivity index (χ1v) is 11.8. The van der Waals surface area contributed by atoms with Gasteiger partial charge in [-0.25, -0.2) is 18.2 Å². The summed E-state index contributed by atoms with van der Waals surface area (Å²) in [4.78, 5) is 19.4. The normalized spacial score (nSPS) is 23.2. The van der Waals surface area contributed by atoms with Gasteiger partial charge in [-0.2, -0.15) is 0 Å². The molecule has 0 radical (unpaired) electrons. The zero-order chi connectivity index (χ0) is 25.6. The van der Waals surface area contributed by atoms with Crippen molar-refractivity contribution in [3.05, 3.63) is 82.7 Å². The molecule has 2 aliphatic heterocycles. The SMILES string of the molecule is COc1cc(/C=C2\CCC3CCC(O)C(c4cc(F)c(F)c(F)c4)N3C2=O)ccc1-n1cnc(C)c1. The third kappa shape index (κ3) is 4.28. The van der Waals surface area contributed by atoms with Crippen molar-refractivity contribution in [2.24, 2.45) is 0 Å². The Hall–Kier alpha value is -3.59. The van der Waals surface area contributed by atoms with Gasteiger partial charge in [-0.05, 0) is 74.1 Å². The third-order valence-electron chi connectivity index (χ3n) is 6.99. The van der Waals surface area contributed by atoms with Gasteiger partial charge in [0.1, 0.15) is 5.75 Å². The molecular weight excluding hydrogens is 471 g/mol. The van der Waals surface area contributed by atoms with Gasteiger partial charge in [-0.1, -0.05) is 6.07 Å². The van der Waals surface area contributed by atoms with Crippen LogP contribution in [0.15, 0.2) is 48.4 Å². The van der Waals surface area contributed by atoms with Crippen LogP contribution >= 0.6 is 0 Å². The van der Waals surface area contributed by atoms with Crippen molar-refractivity contribution >= 4 is 12.0 Å². The molecule has 6 nitrogen and oxygen atoms in total. The van der Waals surface area contributed by atoms with Gasteiger partial charge in [-0.15, -0.1) is 0 Å². The fourth-order valence-electron chi connectivity index (χ4n) is 5.26. The number of piperidine rings is 2. The molecular formula is C27H26F3N3O3. The number of nitrogens with zero attached hydrogens (tertiary/aromatic N) is 3. The van der Waals surface area contributed by atoms with E-state index >= 15 is 0 Å². The highest BCUT2D eigenvalue weighted by Gasteiger charge is 2.43. The molecule has 3 heterocycles. The average molecular weight is 498 g/mol. The summed E-state index contributed by atoms with van der Waals surface area (Å²) in [6.07, 6.45) is 6.46. The van der Waals surface area contributed by atoms with E-state index in [2.05, 4.69) is 4.98 Å². The maximum Gasteiger partial charge on any atom is 0.250 e. The van der Waals surface area contributed by atoms with E-state index in [1.165, 1.54) is 4.90 Å². The number of fused-ring (bicyclic) bond motifs is 1. The Balaban J connectivity index is 1.48. The topological polar surface area (TPSA) is 67.6 Å². The second kappa shape index (κ2) is 9.46. The van der Waals surface area contributed by atoms with Crippen LogP contribution in [0.4, 0.5) is 13.2 Å². The minimum Gasteiger partial charge on any atom is -0.495 e. The van der Waals surface area contributed by atoms with Crippen LogP contribution in [0.5, 0.6) is 5.75 Å². The number of ether oxygens (including phenoxy) is 1. The molecule has 3 unspecified atom stereocenters. The Morgan fingerprint density at radius 2 is 1.86 bits per heavy atom. The number of methoxy groups -OCH3 is 1. The summed E-state index contributed by atoms with van der Waals surface area (Å²) < 4.78 is 49.0. The quantitative estimate of drug-likeness (QED) is 0.412. The lowest BCUT2D eigenvalue weighted by Crippen LogP contribution is -2.53. The molecule has 2 aliphatic rings. The minimum atomic E-state index is -1.57. The molecule has 0 aliphatic carbocycles. The van der Waals surface area contributed by atoms with Crippen molar-refractivity contribution in [3.63, 3.8) is 0 Å². The maximum atomic E-state index is 14.0. The fraction of sp³-hybridized carbons (Fsp3) is 0.333. The second-order valence-corrected chi connectivity index (χ2v) is 9.32. The smallest absolute Gasteiger partial charge is 0.250 e. The molecule has 2 saturated heterocycles. The van der Waals surface area contributed by atoms with E-state index in [4.69, 9.17) is 4.74 Å². The minimum absolute atomic E-state index is 0.0415. The highest BCUT2D eigenvalue weighted by molar-refractivity contribution is 5.99. The van der Waals surface area contributed by atoms with E-state index < -0.39 is 29.6 Å². The predicted molar refractivity (Wildman–Crippen MR) is 127 cm³/mol. The lowest BCUT2D eigenvalue weighted by Gasteiger charge is -2.48. The first-order valence-electron chi connectivity index (χ1n) is 11.8. The van der Waals surface area contributed by atoms with Crippen LogP contribution in [0.25, 0.3) is 11.8 Å². The summed E-state index contributed by atoms with van der Waals surface area (Å²) in [5, 5.41) is 10.7. The number of hydrogen-bond acceptors (Lipinski definition) is 4. The van der Waals surface area contributed by atoms with Gasteiger partial charge in [0.05, 0.1) is 37.0 Å². The van der Waals surface area contributed by atoms with Gasteiger partial charge in [0.15, 0.2) is 17.5 Å². The number of halogens is 3. The Bertz CT molecular complexity index is 1330. The first kappa shape index (κ1) is 24.1. The number of rotatable bonds is 4. The number of aromatic nitrogens is 2. The number of hydrogen-bond donors (Lipinski definition) is 1. The van der Waals surface area contributed by atoms with Gasteiger partial charge in [0.25, 0.3) is 5.91 Å². The van der Waals surface area contributed by atoms with Crippen molar-refractivity contribution < 1.29 is 27.8 Å². The number of amides is 1. The zero-order valence-electron chi connectivity index (χ0n) is 19.9. The molecule has 0 saturated carbocycles. The second-order valence-electron chi connectivity index (χ2n) is 9.32. The summed E-state index contributed by atoms with van der Waals surface area (Å²) in [5.74, 6) is -3.98. The van der Waals surface area contributed by atoms with Crippen LogP contribution in [-0.2, 0) is 4.79 Å². The molecule has 5 rings (SSSR count). The predicted octanol–water partition coefficient (Wildman–Crippen LogP) is 4.88. The molecule has 1 aromatic heterocycles. The Kier molecular flexibility index (Phi) is 6.34. The number of carbonyl (C=O) groups is 1. The highest BCUT2D eigenvalue weighted by atomic mass is 19.2. The number of aliphatic hydroxyl groups excluding tert-OH is 1. The summed E-state index contributed by atoms with van der Waals surface area (Å²) in [6.45, 7) is 1.89. The molecule has 188 valence electrons. The maximum absolute atomic E-state index is 14.0. The van der Waals surface area contributed by atoms with Crippen LogP contribution in [0, 0.1) is 24.4 Å². The van der Waals surface area contributed by atoms with E-state index in [0.717, 1.165) is 29.1 Å².